The number of nitrogens with zero attached hydrogens (tertiary/aromatic N) is 2. The Bertz CT molecular complexity index is 403. The number of aromatic nitrogens is 1. The van der Waals surface area contributed by atoms with Crippen molar-refractivity contribution >= 4 is 0 Å². The molecule has 2 rings (SSSR count). The van der Waals surface area contributed by atoms with Gasteiger partial charge in [0.25, 0.3) is 0 Å². The van der Waals surface area contributed by atoms with Crippen LogP contribution in [0.4, 0.5) is 0 Å². The second-order valence-corrected chi connectivity index (χ2v) is 6.06. The summed E-state index contributed by atoms with van der Waals surface area (Å²) < 4.78 is 0. The van der Waals surface area contributed by atoms with Gasteiger partial charge in [-0.2, -0.15) is 0 Å². The molecule has 106 valence electrons. The Balaban J connectivity index is 2.11. The lowest BCUT2D eigenvalue weighted by molar-refractivity contribution is 0.0897. The second kappa shape index (κ2) is 6.49. The van der Waals surface area contributed by atoms with Gasteiger partial charge in [0, 0.05) is 44.1 Å². The fourth-order valence-corrected chi connectivity index (χ4v) is 2.89. The van der Waals surface area contributed by atoms with E-state index in [1.165, 1.54) is 17.5 Å². The number of piperazine rings is 1. The van der Waals surface area contributed by atoms with E-state index in [9.17, 15) is 0 Å². The van der Waals surface area contributed by atoms with Crippen molar-refractivity contribution in [3.05, 3.63) is 29.6 Å². The monoisotopic (exact) mass is 261 g/mol. The van der Waals surface area contributed by atoms with Crippen LogP contribution in [0.15, 0.2) is 18.5 Å². The number of hydrogen-bond acceptors (Lipinski definition) is 3. The van der Waals surface area contributed by atoms with E-state index >= 15 is 0 Å². The first kappa shape index (κ1) is 14.5. The zero-order chi connectivity index (χ0) is 13.8. The Morgan fingerprint density at radius 2 is 2.26 bits per heavy atom. The van der Waals surface area contributed by atoms with Crippen LogP contribution >= 0.6 is 0 Å². The van der Waals surface area contributed by atoms with E-state index in [4.69, 9.17) is 0 Å². The van der Waals surface area contributed by atoms with Crippen LogP contribution in [0, 0.1) is 12.8 Å². The minimum absolute atomic E-state index is 0.627. The van der Waals surface area contributed by atoms with E-state index < -0.39 is 0 Å². The maximum absolute atomic E-state index is 4.28. The van der Waals surface area contributed by atoms with Crippen LogP contribution < -0.4 is 5.32 Å². The van der Waals surface area contributed by atoms with Crippen LogP contribution in [0.5, 0.6) is 0 Å². The van der Waals surface area contributed by atoms with Crippen molar-refractivity contribution in [2.45, 2.75) is 52.7 Å². The van der Waals surface area contributed by atoms with Gasteiger partial charge in [0.15, 0.2) is 0 Å². The predicted molar refractivity (Wildman–Crippen MR) is 80.1 cm³/mol. The molecule has 1 fully saturated rings. The zero-order valence-corrected chi connectivity index (χ0v) is 12.7. The molecular formula is C16H27N3. The van der Waals surface area contributed by atoms with Gasteiger partial charge in [0.05, 0.1) is 0 Å². The molecule has 3 nitrogen and oxygen atoms in total. The van der Waals surface area contributed by atoms with Gasteiger partial charge in [-0.15, -0.1) is 0 Å². The third-order valence-corrected chi connectivity index (χ3v) is 4.32. The van der Waals surface area contributed by atoms with Crippen LogP contribution in [0.25, 0.3) is 0 Å². The first-order valence-corrected chi connectivity index (χ1v) is 7.48. The van der Waals surface area contributed by atoms with Crippen molar-refractivity contribution in [1.82, 2.24) is 15.2 Å². The van der Waals surface area contributed by atoms with E-state index in [1.54, 1.807) is 0 Å². The predicted octanol–water partition coefficient (Wildman–Crippen LogP) is 2.60. The highest BCUT2D eigenvalue weighted by Gasteiger charge is 2.29. The molecule has 2 heterocycles. The zero-order valence-electron chi connectivity index (χ0n) is 12.7. The lowest BCUT2D eigenvalue weighted by Crippen LogP contribution is -2.57. The van der Waals surface area contributed by atoms with E-state index in [0.717, 1.165) is 19.6 Å². The summed E-state index contributed by atoms with van der Waals surface area (Å²) in [5, 5.41) is 3.67. The molecule has 0 aromatic carbocycles. The lowest BCUT2D eigenvalue weighted by atomic mass is 9.96. The van der Waals surface area contributed by atoms with E-state index in [-0.39, 0.29) is 0 Å². The fourth-order valence-electron chi connectivity index (χ4n) is 2.89. The molecule has 1 saturated heterocycles. The summed E-state index contributed by atoms with van der Waals surface area (Å²) in [7, 11) is 0. The molecular weight excluding hydrogens is 234 g/mol. The van der Waals surface area contributed by atoms with E-state index in [2.05, 4.69) is 49.0 Å². The smallest absolute Gasteiger partial charge is 0.0315 e. The number of rotatable bonds is 4. The van der Waals surface area contributed by atoms with Crippen LogP contribution in [-0.2, 0) is 6.54 Å². The topological polar surface area (TPSA) is 28.2 Å². The average Bonchev–Trinajstić information content (AvgIpc) is 2.41. The lowest BCUT2D eigenvalue weighted by Gasteiger charge is -2.42. The Labute approximate surface area is 117 Å². The largest absolute Gasteiger partial charge is 0.311 e. The quantitative estimate of drug-likeness (QED) is 0.903. The summed E-state index contributed by atoms with van der Waals surface area (Å²) in [6, 6.07) is 3.37. The molecule has 1 aromatic rings. The summed E-state index contributed by atoms with van der Waals surface area (Å²) in [6.45, 7) is 12.4. The molecule has 3 heteroatoms. The highest BCUT2D eigenvalue weighted by molar-refractivity contribution is 5.21. The molecule has 1 aliphatic rings. The Hall–Kier alpha value is -0.930. The molecule has 0 aliphatic carbocycles. The Morgan fingerprint density at radius 1 is 1.47 bits per heavy atom. The van der Waals surface area contributed by atoms with Crippen molar-refractivity contribution in [2.75, 3.05) is 13.1 Å². The SMILES string of the molecule is CCC1CN(Cc2cnccc2C)C(C(C)C)CN1. The molecule has 19 heavy (non-hydrogen) atoms. The number of pyridine rings is 1. The summed E-state index contributed by atoms with van der Waals surface area (Å²) in [6.07, 6.45) is 5.11. The van der Waals surface area contributed by atoms with Gasteiger partial charge in [-0.3, -0.25) is 9.88 Å². The Kier molecular flexibility index (Phi) is 4.94. The van der Waals surface area contributed by atoms with E-state index in [1.807, 2.05) is 12.4 Å². The molecule has 0 saturated carbocycles. The molecule has 1 aliphatic heterocycles. The van der Waals surface area contributed by atoms with Crippen molar-refractivity contribution < 1.29 is 0 Å². The van der Waals surface area contributed by atoms with E-state index in [0.29, 0.717) is 18.0 Å². The van der Waals surface area contributed by atoms with Gasteiger partial charge in [-0.1, -0.05) is 20.8 Å². The standard InChI is InChI=1S/C16H27N3/c1-5-15-11-19(16(9-18-15)12(2)3)10-14-8-17-7-6-13(14)4/h6-8,12,15-16,18H,5,9-11H2,1-4H3. The molecule has 2 unspecified atom stereocenters. The molecule has 2 atom stereocenters. The average molecular weight is 261 g/mol. The minimum Gasteiger partial charge on any atom is -0.311 e. The number of nitrogens with one attached hydrogen (secondary N) is 1. The summed E-state index contributed by atoms with van der Waals surface area (Å²) in [5.74, 6) is 0.683. The number of aryl methyl sites for hydroxylation is 1. The van der Waals surface area contributed by atoms with Crippen LogP contribution in [0.1, 0.15) is 38.3 Å². The normalized spacial score (nSPS) is 24.9. The highest BCUT2D eigenvalue weighted by Crippen LogP contribution is 2.20. The Morgan fingerprint density at radius 3 is 2.89 bits per heavy atom. The second-order valence-electron chi connectivity index (χ2n) is 6.06. The third-order valence-electron chi connectivity index (χ3n) is 4.32. The van der Waals surface area contributed by atoms with Crippen molar-refractivity contribution in [2.24, 2.45) is 5.92 Å². The third kappa shape index (κ3) is 3.54. The molecule has 0 spiro atoms. The van der Waals surface area contributed by atoms with Gasteiger partial charge in [-0.05, 0) is 36.5 Å². The van der Waals surface area contributed by atoms with Gasteiger partial charge in [-0.25, -0.2) is 0 Å². The summed E-state index contributed by atoms with van der Waals surface area (Å²) >= 11 is 0. The van der Waals surface area contributed by atoms with Gasteiger partial charge >= 0.3 is 0 Å². The van der Waals surface area contributed by atoms with Crippen LogP contribution in [-0.4, -0.2) is 35.1 Å². The van der Waals surface area contributed by atoms with Crippen LogP contribution in [0.3, 0.4) is 0 Å². The highest BCUT2D eigenvalue weighted by atomic mass is 15.2. The molecule has 0 bridgehead atoms. The fraction of sp³-hybridized carbons (Fsp3) is 0.688. The molecule has 0 amide bonds. The van der Waals surface area contributed by atoms with Crippen molar-refractivity contribution in [3.63, 3.8) is 0 Å². The van der Waals surface area contributed by atoms with Gasteiger partial charge in [0.2, 0.25) is 0 Å². The maximum Gasteiger partial charge on any atom is 0.0315 e. The first-order valence-electron chi connectivity index (χ1n) is 7.48. The van der Waals surface area contributed by atoms with Crippen LogP contribution in [0.2, 0.25) is 0 Å². The molecule has 1 aromatic heterocycles. The maximum atomic E-state index is 4.28. The van der Waals surface area contributed by atoms with Gasteiger partial charge in [0.1, 0.15) is 0 Å². The summed E-state index contributed by atoms with van der Waals surface area (Å²) in [5.41, 5.74) is 2.72. The minimum atomic E-state index is 0.627. The van der Waals surface area contributed by atoms with Crippen molar-refractivity contribution in [1.29, 1.82) is 0 Å². The van der Waals surface area contributed by atoms with Gasteiger partial charge < -0.3 is 5.32 Å². The van der Waals surface area contributed by atoms with Crippen molar-refractivity contribution in [3.8, 4) is 0 Å². The molecule has 0 radical (unpaired) electrons. The molecule has 1 N–H and O–H groups in total. The first-order chi connectivity index (χ1) is 9.11. The number of hydrogen-bond donors (Lipinski definition) is 1. The summed E-state index contributed by atoms with van der Waals surface area (Å²) in [4.78, 5) is 6.92.